The lowest BCUT2D eigenvalue weighted by Gasteiger charge is -2.04. The van der Waals surface area contributed by atoms with Gasteiger partial charge in [0.2, 0.25) is 11.8 Å². The summed E-state index contributed by atoms with van der Waals surface area (Å²) < 4.78 is 0. The normalized spacial score (nSPS) is 10.0. The number of nitrogens with one attached hydrogen (secondary N) is 1. The molecule has 18 heavy (non-hydrogen) atoms. The highest BCUT2D eigenvalue weighted by atomic mass is 16.6. The van der Waals surface area contributed by atoms with E-state index in [-0.39, 0.29) is 17.5 Å². The Morgan fingerprint density at radius 3 is 2.89 bits per heavy atom. The van der Waals surface area contributed by atoms with Crippen LogP contribution >= 0.6 is 0 Å². The number of nitro groups is 1. The quantitative estimate of drug-likeness (QED) is 0.609. The zero-order chi connectivity index (χ0) is 13.0. The fourth-order valence-corrected chi connectivity index (χ4v) is 1.30. The minimum atomic E-state index is -0.625. The van der Waals surface area contributed by atoms with E-state index in [2.05, 4.69) is 20.3 Å². The van der Waals surface area contributed by atoms with Gasteiger partial charge in [0, 0.05) is 18.9 Å². The topological polar surface area (TPSA) is 120 Å². The van der Waals surface area contributed by atoms with Crippen LogP contribution in [0.4, 0.5) is 17.5 Å². The molecule has 0 unspecified atom stereocenters. The van der Waals surface area contributed by atoms with Crippen LogP contribution in [0.15, 0.2) is 30.7 Å². The second-order valence-corrected chi connectivity index (χ2v) is 3.44. The molecule has 2 heterocycles. The van der Waals surface area contributed by atoms with Gasteiger partial charge in [0.1, 0.15) is 6.20 Å². The van der Waals surface area contributed by atoms with Crippen LogP contribution in [-0.4, -0.2) is 19.9 Å². The molecule has 0 aliphatic carbocycles. The van der Waals surface area contributed by atoms with Crippen molar-refractivity contribution < 1.29 is 4.92 Å². The predicted molar refractivity (Wildman–Crippen MR) is 64.7 cm³/mol. The van der Waals surface area contributed by atoms with Gasteiger partial charge < -0.3 is 11.1 Å². The Labute approximate surface area is 102 Å². The summed E-state index contributed by atoms with van der Waals surface area (Å²) in [6.07, 6.45) is 4.44. The molecule has 0 saturated carbocycles. The van der Waals surface area contributed by atoms with Crippen LogP contribution in [-0.2, 0) is 6.54 Å². The first-order valence-corrected chi connectivity index (χ1v) is 5.06. The maximum Gasteiger partial charge on any atom is 0.329 e. The molecule has 0 radical (unpaired) electrons. The molecule has 0 amide bonds. The minimum Gasteiger partial charge on any atom is -0.378 e. The van der Waals surface area contributed by atoms with Crippen molar-refractivity contribution in [3.8, 4) is 0 Å². The molecule has 8 heteroatoms. The van der Waals surface area contributed by atoms with E-state index >= 15 is 0 Å². The molecule has 0 bridgehead atoms. The molecule has 3 N–H and O–H groups in total. The van der Waals surface area contributed by atoms with E-state index < -0.39 is 4.92 Å². The van der Waals surface area contributed by atoms with E-state index in [1.165, 1.54) is 0 Å². The van der Waals surface area contributed by atoms with Crippen molar-refractivity contribution in [2.75, 3.05) is 11.1 Å². The second kappa shape index (κ2) is 5.04. The lowest BCUT2D eigenvalue weighted by atomic mass is 10.3. The van der Waals surface area contributed by atoms with Crippen molar-refractivity contribution in [3.05, 3.63) is 46.4 Å². The Morgan fingerprint density at radius 1 is 1.44 bits per heavy atom. The summed E-state index contributed by atoms with van der Waals surface area (Å²) in [5.74, 6) is 0.0747. The molecular weight excluding hydrogens is 236 g/mol. The van der Waals surface area contributed by atoms with Gasteiger partial charge in [-0.2, -0.15) is 4.98 Å². The molecule has 0 fully saturated rings. The van der Waals surface area contributed by atoms with Gasteiger partial charge in [0.05, 0.1) is 4.92 Å². The molecule has 2 aromatic rings. The number of pyridine rings is 1. The van der Waals surface area contributed by atoms with Gasteiger partial charge in [0.25, 0.3) is 0 Å². The molecule has 0 aliphatic rings. The second-order valence-electron chi connectivity index (χ2n) is 3.44. The van der Waals surface area contributed by atoms with Gasteiger partial charge >= 0.3 is 5.69 Å². The number of anilines is 2. The lowest BCUT2D eigenvalue weighted by molar-refractivity contribution is -0.384. The molecular formula is C10H10N6O2. The van der Waals surface area contributed by atoms with E-state index in [9.17, 15) is 10.1 Å². The first-order valence-electron chi connectivity index (χ1n) is 5.06. The average Bonchev–Trinajstić information content (AvgIpc) is 2.37. The number of nitrogens with two attached hydrogens (primary N) is 1. The Balaban J connectivity index is 2.07. The van der Waals surface area contributed by atoms with E-state index in [0.29, 0.717) is 6.54 Å². The molecule has 0 aromatic carbocycles. The fourth-order valence-electron chi connectivity index (χ4n) is 1.30. The third-order valence-electron chi connectivity index (χ3n) is 2.17. The van der Waals surface area contributed by atoms with Crippen LogP contribution < -0.4 is 11.1 Å². The van der Waals surface area contributed by atoms with Crippen molar-refractivity contribution in [2.45, 2.75) is 6.54 Å². The van der Waals surface area contributed by atoms with Gasteiger partial charge in [-0.1, -0.05) is 6.07 Å². The van der Waals surface area contributed by atoms with Gasteiger partial charge in [-0.15, -0.1) is 0 Å². The molecule has 0 atom stereocenters. The summed E-state index contributed by atoms with van der Waals surface area (Å²) >= 11 is 0. The van der Waals surface area contributed by atoms with Crippen LogP contribution in [0.25, 0.3) is 0 Å². The predicted octanol–water partition coefficient (Wildman–Crippen LogP) is 0.974. The van der Waals surface area contributed by atoms with Crippen LogP contribution in [0.1, 0.15) is 5.56 Å². The van der Waals surface area contributed by atoms with Crippen molar-refractivity contribution in [1.82, 2.24) is 15.0 Å². The zero-order valence-electron chi connectivity index (χ0n) is 9.28. The molecule has 0 aliphatic heterocycles. The molecule has 92 valence electrons. The zero-order valence-corrected chi connectivity index (χ0v) is 9.28. The van der Waals surface area contributed by atoms with Crippen molar-refractivity contribution in [1.29, 1.82) is 0 Å². The SMILES string of the molecule is Nc1nc(NCc2cccnc2)ncc1[N+](=O)[O-]. The highest BCUT2D eigenvalue weighted by Crippen LogP contribution is 2.18. The summed E-state index contributed by atoms with van der Waals surface area (Å²) in [5, 5.41) is 13.4. The van der Waals surface area contributed by atoms with Gasteiger partial charge in [-0.3, -0.25) is 15.1 Å². The number of aromatic nitrogens is 3. The maximum absolute atomic E-state index is 10.5. The standard InChI is InChI=1S/C10H10N6O2/c11-9-8(16(17)18)6-14-10(15-9)13-5-7-2-1-3-12-4-7/h1-4,6H,5H2,(H3,11,13,14,15). The molecule has 0 spiro atoms. The Morgan fingerprint density at radius 2 is 2.28 bits per heavy atom. The molecule has 2 rings (SSSR count). The summed E-state index contributed by atoms with van der Waals surface area (Å²) in [6.45, 7) is 0.463. The van der Waals surface area contributed by atoms with Crippen LogP contribution in [0.3, 0.4) is 0 Å². The number of nitrogen functional groups attached to an aromatic ring is 1. The van der Waals surface area contributed by atoms with Crippen molar-refractivity contribution in [3.63, 3.8) is 0 Å². The Kier molecular flexibility index (Phi) is 3.28. The van der Waals surface area contributed by atoms with Gasteiger partial charge in [-0.05, 0) is 11.6 Å². The third-order valence-corrected chi connectivity index (χ3v) is 2.17. The van der Waals surface area contributed by atoms with Crippen molar-refractivity contribution in [2.24, 2.45) is 0 Å². The molecule has 2 aromatic heterocycles. The molecule has 8 nitrogen and oxygen atoms in total. The maximum atomic E-state index is 10.5. The summed E-state index contributed by atoms with van der Waals surface area (Å²) in [5.41, 5.74) is 6.08. The Bertz CT molecular complexity index is 560. The van der Waals surface area contributed by atoms with Gasteiger partial charge in [-0.25, -0.2) is 4.98 Å². The van der Waals surface area contributed by atoms with E-state index in [1.54, 1.807) is 12.4 Å². The number of hydrogen-bond donors (Lipinski definition) is 2. The van der Waals surface area contributed by atoms with E-state index in [0.717, 1.165) is 11.8 Å². The minimum absolute atomic E-state index is 0.163. The van der Waals surface area contributed by atoms with E-state index in [4.69, 9.17) is 5.73 Å². The Hall–Kier alpha value is -2.77. The molecule has 0 saturated heterocycles. The van der Waals surface area contributed by atoms with Crippen LogP contribution in [0, 0.1) is 10.1 Å². The number of rotatable bonds is 4. The number of nitrogens with zero attached hydrogens (tertiary/aromatic N) is 4. The number of hydrogen-bond acceptors (Lipinski definition) is 7. The smallest absolute Gasteiger partial charge is 0.329 e. The van der Waals surface area contributed by atoms with Crippen molar-refractivity contribution >= 4 is 17.5 Å². The first kappa shape index (κ1) is 11.7. The summed E-state index contributed by atoms with van der Waals surface area (Å²) in [4.78, 5) is 21.5. The highest BCUT2D eigenvalue weighted by Gasteiger charge is 2.13. The van der Waals surface area contributed by atoms with Crippen LogP contribution in [0.2, 0.25) is 0 Å². The van der Waals surface area contributed by atoms with E-state index in [1.807, 2.05) is 12.1 Å². The monoisotopic (exact) mass is 246 g/mol. The largest absolute Gasteiger partial charge is 0.378 e. The highest BCUT2D eigenvalue weighted by molar-refractivity contribution is 5.53. The lowest BCUT2D eigenvalue weighted by Crippen LogP contribution is -2.07. The first-order chi connectivity index (χ1) is 8.66. The summed E-state index contributed by atoms with van der Waals surface area (Å²) in [7, 11) is 0. The van der Waals surface area contributed by atoms with Gasteiger partial charge in [0.15, 0.2) is 0 Å². The fraction of sp³-hybridized carbons (Fsp3) is 0.100. The summed E-state index contributed by atoms with van der Waals surface area (Å²) in [6, 6.07) is 3.69. The van der Waals surface area contributed by atoms with Crippen LogP contribution in [0.5, 0.6) is 0 Å². The third kappa shape index (κ3) is 2.67. The average molecular weight is 246 g/mol.